The molecule has 0 N–H and O–H groups in total. The number of halogens is 1. The van der Waals surface area contributed by atoms with Crippen molar-refractivity contribution in [3.8, 4) is 34.3 Å². The number of hydrogen-bond donors (Lipinski definition) is 0. The second kappa shape index (κ2) is 12.9. The second-order valence-corrected chi connectivity index (χ2v) is 9.25. The number of aromatic nitrogens is 1. The summed E-state index contributed by atoms with van der Waals surface area (Å²) >= 11 is 0. The van der Waals surface area contributed by atoms with E-state index in [0.717, 1.165) is 84.2 Å². The average molecular weight is 535 g/mol. The minimum atomic E-state index is 0. The Kier molecular flexibility index (Phi) is 9.32. The SMILES string of the molecule is CCCOc1ccc(-c2cc(OCCN3CCc4cc(OC)c(OC)cc4C3)c3ccccc3n2)cc1.Cl. The smallest absolute Gasteiger partial charge is 0.161 e. The summed E-state index contributed by atoms with van der Waals surface area (Å²) in [7, 11) is 3.36. The molecule has 0 bridgehead atoms. The Morgan fingerprint density at radius 3 is 2.29 bits per heavy atom. The average Bonchev–Trinajstić information content (AvgIpc) is 2.95. The van der Waals surface area contributed by atoms with E-state index in [9.17, 15) is 0 Å². The highest BCUT2D eigenvalue weighted by Crippen LogP contribution is 2.34. The molecule has 1 aliphatic heterocycles. The van der Waals surface area contributed by atoms with Crippen LogP contribution in [0.25, 0.3) is 22.2 Å². The highest BCUT2D eigenvalue weighted by atomic mass is 35.5. The molecule has 0 amide bonds. The number of pyridine rings is 1. The van der Waals surface area contributed by atoms with Crippen LogP contribution in [0.4, 0.5) is 0 Å². The lowest BCUT2D eigenvalue weighted by Crippen LogP contribution is -2.33. The molecular formula is C31H35ClN2O4. The molecule has 1 aliphatic rings. The van der Waals surface area contributed by atoms with Crippen LogP contribution in [0.15, 0.2) is 66.7 Å². The molecule has 6 nitrogen and oxygen atoms in total. The third-order valence-electron chi connectivity index (χ3n) is 6.76. The van der Waals surface area contributed by atoms with E-state index < -0.39 is 0 Å². The Morgan fingerprint density at radius 1 is 0.816 bits per heavy atom. The number of para-hydroxylation sites is 1. The van der Waals surface area contributed by atoms with Crippen molar-refractivity contribution < 1.29 is 18.9 Å². The van der Waals surface area contributed by atoms with Gasteiger partial charge in [0.05, 0.1) is 32.0 Å². The van der Waals surface area contributed by atoms with Gasteiger partial charge in [-0.15, -0.1) is 12.4 Å². The van der Waals surface area contributed by atoms with E-state index in [-0.39, 0.29) is 12.4 Å². The number of ether oxygens (including phenoxy) is 4. The largest absolute Gasteiger partial charge is 0.494 e. The van der Waals surface area contributed by atoms with Crippen LogP contribution in [0.5, 0.6) is 23.0 Å². The molecule has 0 atom stereocenters. The van der Waals surface area contributed by atoms with E-state index in [4.69, 9.17) is 23.9 Å². The van der Waals surface area contributed by atoms with Crippen molar-refractivity contribution in [1.29, 1.82) is 0 Å². The van der Waals surface area contributed by atoms with E-state index in [1.54, 1.807) is 14.2 Å². The van der Waals surface area contributed by atoms with Crippen LogP contribution in [-0.4, -0.2) is 50.4 Å². The fraction of sp³-hybridized carbons (Fsp3) is 0.323. The van der Waals surface area contributed by atoms with Gasteiger partial charge in [0.2, 0.25) is 0 Å². The van der Waals surface area contributed by atoms with Gasteiger partial charge >= 0.3 is 0 Å². The zero-order valence-electron chi connectivity index (χ0n) is 22.2. The monoisotopic (exact) mass is 534 g/mol. The summed E-state index contributed by atoms with van der Waals surface area (Å²) in [5.74, 6) is 3.30. The van der Waals surface area contributed by atoms with Crippen molar-refractivity contribution in [3.05, 3.63) is 77.9 Å². The van der Waals surface area contributed by atoms with Gasteiger partial charge < -0.3 is 18.9 Å². The minimum Gasteiger partial charge on any atom is -0.494 e. The molecule has 200 valence electrons. The van der Waals surface area contributed by atoms with Crippen molar-refractivity contribution in [1.82, 2.24) is 9.88 Å². The molecule has 0 radical (unpaired) electrons. The van der Waals surface area contributed by atoms with Crippen molar-refractivity contribution in [3.63, 3.8) is 0 Å². The summed E-state index contributed by atoms with van der Waals surface area (Å²) in [6.07, 6.45) is 1.97. The lowest BCUT2D eigenvalue weighted by molar-refractivity contribution is 0.197. The predicted molar refractivity (Wildman–Crippen MR) is 154 cm³/mol. The molecule has 1 aromatic heterocycles. The summed E-state index contributed by atoms with van der Waals surface area (Å²) < 4.78 is 23.1. The molecule has 5 rings (SSSR count). The van der Waals surface area contributed by atoms with Crippen molar-refractivity contribution in [2.45, 2.75) is 26.3 Å². The number of hydrogen-bond acceptors (Lipinski definition) is 6. The number of nitrogens with zero attached hydrogens (tertiary/aromatic N) is 2. The maximum Gasteiger partial charge on any atom is 0.161 e. The number of fused-ring (bicyclic) bond motifs is 2. The second-order valence-electron chi connectivity index (χ2n) is 9.25. The fourth-order valence-corrected chi connectivity index (χ4v) is 4.77. The molecule has 0 fully saturated rings. The Balaban J connectivity index is 0.00000336. The van der Waals surface area contributed by atoms with Crippen molar-refractivity contribution >= 4 is 23.3 Å². The van der Waals surface area contributed by atoms with E-state index in [0.29, 0.717) is 6.61 Å². The molecule has 38 heavy (non-hydrogen) atoms. The number of methoxy groups -OCH3 is 2. The molecule has 0 saturated heterocycles. The first kappa shape index (κ1) is 27.6. The zero-order valence-corrected chi connectivity index (χ0v) is 23.1. The normalized spacial score (nSPS) is 12.9. The standard InChI is InChI=1S/C31H34N2O4.ClH/c1-4-16-36-25-11-9-22(10-12-25)28-20-29(26-7-5-6-8-27(26)32-28)37-17-15-33-14-13-23-18-30(34-2)31(35-3)19-24(23)21-33;/h5-12,18-20H,4,13-17,21H2,1-3H3;1H. The van der Waals surface area contributed by atoms with Gasteiger partial charge in [0, 0.05) is 36.7 Å². The third kappa shape index (κ3) is 6.14. The first-order chi connectivity index (χ1) is 18.2. The molecule has 0 unspecified atom stereocenters. The molecule has 0 spiro atoms. The highest BCUT2D eigenvalue weighted by Gasteiger charge is 2.19. The summed E-state index contributed by atoms with van der Waals surface area (Å²) in [6, 6.07) is 22.5. The van der Waals surface area contributed by atoms with E-state index in [2.05, 4.69) is 42.2 Å². The Bertz CT molecular complexity index is 1360. The van der Waals surface area contributed by atoms with E-state index in [1.165, 1.54) is 11.1 Å². The van der Waals surface area contributed by atoms with Crippen molar-refractivity contribution in [2.24, 2.45) is 0 Å². The van der Waals surface area contributed by atoms with Gasteiger partial charge in [-0.1, -0.05) is 19.1 Å². The number of benzene rings is 3. The van der Waals surface area contributed by atoms with Crippen LogP contribution in [0.2, 0.25) is 0 Å². The summed E-state index contributed by atoms with van der Waals surface area (Å²) in [4.78, 5) is 7.32. The fourth-order valence-electron chi connectivity index (χ4n) is 4.77. The van der Waals surface area contributed by atoms with E-state index >= 15 is 0 Å². The molecule has 2 heterocycles. The van der Waals surface area contributed by atoms with Crippen LogP contribution >= 0.6 is 12.4 Å². The molecule has 0 aliphatic carbocycles. The predicted octanol–water partition coefficient (Wildman–Crippen LogP) is 6.57. The molecular weight excluding hydrogens is 500 g/mol. The molecule has 7 heteroatoms. The van der Waals surface area contributed by atoms with Gasteiger partial charge in [-0.05, 0) is 72.5 Å². The first-order valence-corrected chi connectivity index (χ1v) is 12.9. The number of rotatable bonds is 10. The Morgan fingerprint density at radius 2 is 1.55 bits per heavy atom. The molecule has 4 aromatic rings. The van der Waals surface area contributed by atoms with Gasteiger partial charge in [-0.3, -0.25) is 4.90 Å². The van der Waals surface area contributed by atoms with Gasteiger partial charge in [0.1, 0.15) is 18.1 Å². The molecule has 3 aromatic carbocycles. The third-order valence-corrected chi connectivity index (χ3v) is 6.76. The Labute approximate surface area is 230 Å². The van der Waals surface area contributed by atoms with Crippen LogP contribution in [-0.2, 0) is 13.0 Å². The van der Waals surface area contributed by atoms with Crippen LogP contribution in [0, 0.1) is 0 Å². The first-order valence-electron chi connectivity index (χ1n) is 12.9. The Hall–Kier alpha value is -3.48. The summed E-state index contributed by atoms with van der Waals surface area (Å²) in [6.45, 7) is 6.11. The van der Waals surface area contributed by atoms with Gasteiger partial charge in [0.15, 0.2) is 11.5 Å². The topological polar surface area (TPSA) is 53.1 Å². The van der Waals surface area contributed by atoms with Crippen LogP contribution < -0.4 is 18.9 Å². The summed E-state index contributed by atoms with van der Waals surface area (Å²) in [5, 5.41) is 1.02. The van der Waals surface area contributed by atoms with E-state index in [1.807, 2.05) is 36.4 Å². The quantitative estimate of drug-likeness (QED) is 0.229. The maximum absolute atomic E-state index is 6.38. The van der Waals surface area contributed by atoms with Crippen LogP contribution in [0.3, 0.4) is 0 Å². The maximum atomic E-state index is 6.38. The zero-order chi connectivity index (χ0) is 25.6. The summed E-state index contributed by atoms with van der Waals surface area (Å²) in [5.41, 5.74) is 5.46. The van der Waals surface area contributed by atoms with Crippen molar-refractivity contribution in [2.75, 3.05) is 40.5 Å². The van der Waals surface area contributed by atoms with Gasteiger partial charge in [0.25, 0.3) is 0 Å². The molecule has 0 saturated carbocycles. The van der Waals surface area contributed by atoms with Crippen LogP contribution in [0.1, 0.15) is 24.5 Å². The minimum absolute atomic E-state index is 0. The lowest BCUT2D eigenvalue weighted by atomic mass is 9.99. The lowest BCUT2D eigenvalue weighted by Gasteiger charge is -2.29. The van der Waals surface area contributed by atoms with Gasteiger partial charge in [-0.25, -0.2) is 4.98 Å². The van der Waals surface area contributed by atoms with Gasteiger partial charge in [-0.2, -0.15) is 0 Å². The highest BCUT2D eigenvalue weighted by molar-refractivity contribution is 5.88.